The first-order valence-corrected chi connectivity index (χ1v) is 5.08. The highest BCUT2D eigenvalue weighted by atomic mass is 14.2. The summed E-state index contributed by atoms with van der Waals surface area (Å²) >= 11 is 0. The lowest BCUT2D eigenvalue weighted by molar-refractivity contribution is 0.975. The summed E-state index contributed by atoms with van der Waals surface area (Å²) in [5.74, 6) is 0.529. The van der Waals surface area contributed by atoms with Crippen LogP contribution in [0.15, 0.2) is 54.1 Å². The molecule has 3 rings (SSSR count). The zero-order valence-corrected chi connectivity index (χ0v) is 7.98. The zero-order chi connectivity index (χ0) is 9.38. The van der Waals surface area contributed by atoms with Gasteiger partial charge < -0.3 is 0 Å². The van der Waals surface area contributed by atoms with E-state index < -0.39 is 0 Å². The van der Waals surface area contributed by atoms with Crippen molar-refractivity contribution in [3.8, 4) is 0 Å². The monoisotopic (exact) mass is 180 g/mol. The minimum Gasteiger partial charge on any atom is -0.0804 e. The van der Waals surface area contributed by atoms with E-state index in [-0.39, 0.29) is 0 Å². The van der Waals surface area contributed by atoms with Crippen LogP contribution in [-0.2, 0) is 0 Å². The largest absolute Gasteiger partial charge is 0.0804 e. The van der Waals surface area contributed by atoms with Crippen molar-refractivity contribution < 1.29 is 0 Å². The molecule has 0 nitrogen and oxygen atoms in total. The van der Waals surface area contributed by atoms with Gasteiger partial charge in [0.25, 0.3) is 0 Å². The molecule has 0 aliphatic heterocycles. The fourth-order valence-electron chi connectivity index (χ4n) is 2.27. The summed E-state index contributed by atoms with van der Waals surface area (Å²) in [5, 5.41) is 0. The molecule has 1 unspecified atom stereocenters. The van der Waals surface area contributed by atoms with Gasteiger partial charge in [0.05, 0.1) is 0 Å². The lowest BCUT2D eigenvalue weighted by atomic mass is 9.92. The van der Waals surface area contributed by atoms with Crippen LogP contribution in [0, 0.1) is 0 Å². The molecule has 0 N–H and O–H groups in total. The van der Waals surface area contributed by atoms with Gasteiger partial charge in [0.2, 0.25) is 0 Å². The van der Waals surface area contributed by atoms with E-state index in [0.29, 0.717) is 5.92 Å². The Morgan fingerprint density at radius 2 is 2.07 bits per heavy atom. The van der Waals surface area contributed by atoms with Crippen LogP contribution in [-0.4, -0.2) is 0 Å². The van der Waals surface area contributed by atoms with E-state index in [9.17, 15) is 0 Å². The van der Waals surface area contributed by atoms with Crippen LogP contribution in [0.2, 0.25) is 0 Å². The number of benzene rings is 1. The minimum atomic E-state index is 0.529. The maximum absolute atomic E-state index is 2.31. The summed E-state index contributed by atoms with van der Waals surface area (Å²) in [4.78, 5) is 0. The number of hydrogen-bond donors (Lipinski definition) is 0. The van der Waals surface area contributed by atoms with Crippen LogP contribution in [0.1, 0.15) is 23.5 Å². The Morgan fingerprint density at radius 3 is 2.93 bits per heavy atom. The standard InChI is InChI=1S/C14H12/c1-2-6-11(5-1)14-10-9-12-7-3-4-8-13(12)14/h1-5,7-10,14H,6H2. The van der Waals surface area contributed by atoms with E-state index in [1.165, 1.54) is 16.7 Å². The molecule has 1 aromatic carbocycles. The van der Waals surface area contributed by atoms with Crippen molar-refractivity contribution in [2.45, 2.75) is 12.3 Å². The Bertz CT molecular complexity index is 447. The fourth-order valence-corrected chi connectivity index (χ4v) is 2.27. The summed E-state index contributed by atoms with van der Waals surface area (Å²) in [7, 11) is 0. The quantitative estimate of drug-likeness (QED) is 0.618. The Morgan fingerprint density at radius 1 is 1.14 bits per heavy atom. The molecular formula is C14H12. The van der Waals surface area contributed by atoms with Gasteiger partial charge in [-0.05, 0) is 17.5 Å². The molecule has 0 heteroatoms. The number of rotatable bonds is 1. The Hall–Kier alpha value is -1.56. The zero-order valence-electron chi connectivity index (χ0n) is 7.98. The predicted octanol–water partition coefficient (Wildman–Crippen LogP) is 3.68. The van der Waals surface area contributed by atoms with Crippen LogP contribution < -0.4 is 0 Å². The Balaban J connectivity index is 2.02. The summed E-state index contributed by atoms with van der Waals surface area (Å²) < 4.78 is 0. The summed E-state index contributed by atoms with van der Waals surface area (Å²) in [5.41, 5.74) is 4.36. The van der Waals surface area contributed by atoms with Crippen molar-refractivity contribution in [2.24, 2.45) is 0 Å². The van der Waals surface area contributed by atoms with E-state index in [1.54, 1.807) is 0 Å². The van der Waals surface area contributed by atoms with Crippen molar-refractivity contribution in [3.05, 3.63) is 65.3 Å². The average Bonchev–Trinajstić information content (AvgIpc) is 2.85. The molecule has 0 radical (unpaired) electrons. The van der Waals surface area contributed by atoms with Crippen LogP contribution in [0.25, 0.3) is 6.08 Å². The minimum absolute atomic E-state index is 0.529. The van der Waals surface area contributed by atoms with Crippen LogP contribution in [0.5, 0.6) is 0 Å². The maximum atomic E-state index is 2.31. The molecule has 14 heavy (non-hydrogen) atoms. The third-order valence-electron chi connectivity index (χ3n) is 3.00. The molecule has 0 amide bonds. The highest BCUT2D eigenvalue weighted by molar-refractivity contribution is 5.65. The van der Waals surface area contributed by atoms with E-state index in [2.05, 4.69) is 54.6 Å². The number of fused-ring (bicyclic) bond motifs is 1. The molecule has 2 aliphatic rings. The smallest absolute Gasteiger partial charge is 0.0243 e. The van der Waals surface area contributed by atoms with Crippen molar-refractivity contribution in [3.63, 3.8) is 0 Å². The number of hydrogen-bond acceptors (Lipinski definition) is 0. The maximum Gasteiger partial charge on any atom is 0.0243 e. The van der Waals surface area contributed by atoms with Crippen LogP contribution >= 0.6 is 0 Å². The first-order valence-electron chi connectivity index (χ1n) is 5.08. The molecule has 0 fully saturated rings. The SMILES string of the molecule is C1=CCC(C2C=Cc3ccccc32)=C1. The topological polar surface area (TPSA) is 0 Å². The second-order valence-corrected chi connectivity index (χ2v) is 3.84. The third kappa shape index (κ3) is 1.07. The molecule has 0 spiro atoms. The first-order chi connectivity index (χ1) is 6.95. The van der Waals surface area contributed by atoms with E-state index in [4.69, 9.17) is 0 Å². The molecular weight excluding hydrogens is 168 g/mol. The van der Waals surface area contributed by atoms with Crippen molar-refractivity contribution in [2.75, 3.05) is 0 Å². The van der Waals surface area contributed by atoms with Gasteiger partial charge in [-0.15, -0.1) is 0 Å². The highest BCUT2D eigenvalue weighted by Crippen LogP contribution is 2.37. The molecule has 1 aromatic rings. The summed E-state index contributed by atoms with van der Waals surface area (Å²) in [6.07, 6.45) is 12.3. The Kier molecular flexibility index (Phi) is 1.66. The normalized spacial score (nSPS) is 22.6. The summed E-state index contributed by atoms with van der Waals surface area (Å²) in [6.45, 7) is 0. The van der Waals surface area contributed by atoms with Crippen molar-refractivity contribution in [1.82, 2.24) is 0 Å². The average molecular weight is 180 g/mol. The predicted molar refractivity (Wildman–Crippen MR) is 60.1 cm³/mol. The van der Waals surface area contributed by atoms with E-state index >= 15 is 0 Å². The summed E-state index contributed by atoms with van der Waals surface area (Å²) in [6, 6.07) is 8.66. The third-order valence-corrected chi connectivity index (χ3v) is 3.00. The van der Waals surface area contributed by atoms with Crippen molar-refractivity contribution >= 4 is 6.08 Å². The second-order valence-electron chi connectivity index (χ2n) is 3.84. The highest BCUT2D eigenvalue weighted by Gasteiger charge is 2.20. The molecule has 0 bridgehead atoms. The van der Waals surface area contributed by atoms with Gasteiger partial charge in [-0.2, -0.15) is 0 Å². The molecule has 2 aliphatic carbocycles. The lowest BCUT2D eigenvalue weighted by Crippen LogP contribution is -1.95. The van der Waals surface area contributed by atoms with Crippen LogP contribution in [0.3, 0.4) is 0 Å². The second kappa shape index (κ2) is 2.98. The van der Waals surface area contributed by atoms with Crippen LogP contribution in [0.4, 0.5) is 0 Å². The molecule has 0 aromatic heterocycles. The molecule has 68 valence electrons. The molecule has 1 atom stereocenters. The molecule has 0 heterocycles. The van der Waals surface area contributed by atoms with Gasteiger partial charge >= 0.3 is 0 Å². The molecule has 0 saturated carbocycles. The van der Waals surface area contributed by atoms with Gasteiger partial charge in [-0.3, -0.25) is 0 Å². The molecule has 0 saturated heterocycles. The Labute approximate surface area is 84.3 Å². The van der Waals surface area contributed by atoms with E-state index in [0.717, 1.165) is 6.42 Å². The van der Waals surface area contributed by atoms with Gasteiger partial charge in [-0.1, -0.05) is 60.2 Å². The lowest BCUT2D eigenvalue weighted by Gasteiger charge is -2.11. The van der Waals surface area contributed by atoms with Crippen molar-refractivity contribution in [1.29, 1.82) is 0 Å². The van der Waals surface area contributed by atoms with Gasteiger partial charge in [0.15, 0.2) is 0 Å². The van der Waals surface area contributed by atoms with Gasteiger partial charge in [-0.25, -0.2) is 0 Å². The van der Waals surface area contributed by atoms with Gasteiger partial charge in [0.1, 0.15) is 0 Å². The van der Waals surface area contributed by atoms with E-state index in [1.807, 2.05) is 0 Å². The first kappa shape index (κ1) is 7.81. The van der Waals surface area contributed by atoms with Gasteiger partial charge in [0, 0.05) is 5.92 Å². The number of allylic oxidation sites excluding steroid dienone is 5. The fraction of sp³-hybridized carbons (Fsp3) is 0.143.